The lowest BCUT2D eigenvalue weighted by molar-refractivity contribution is -0.145. The fourth-order valence-electron chi connectivity index (χ4n) is 6.11. The molecule has 4 atom stereocenters. The van der Waals surface area contributed by atoms with Gasteiger partial charge in [-0.15, -0.1) is 0 Å². The first-order chi connectivity index (χ1) is 20.0. The van der Waals surface area contributed by atoms with E-state index in [9.17, 15) is 23.5 Å². The number of nitrogens with one attached hydrogen (secondary N) is 1. The highest BCUT2D eigenvalue weighted by molar-refractivity contribution is 5.96. The average molecular weight is 582 g/mol. The van der Waals surface area contributed by atoms with E-state index in [-0.39, 0.29) is 36.8 Å². The van der Waals surface area contributed by atoms with Crippen molar-refractivity contribution in [3.05, 3.63) is 94.6 Å². The molecule has 0 heterocycles. The van der Waals surface area contributed by atoms with Crippen LogP contribution in [0.1, 0.15) is 64.0 Å². The third-order valence-electron chi connectivity index (χ3n) is 8.04. The van der Waals surface area contributed by atoms with Crippen LogP contribution in [-0.2, 0) is 16.0 Å². The highest BCUT2D eigenvalue weighted by Crippen LogP contribution is 2.45. The van der Waals surface area contributed by atoms with Crippen LogP contribution in [0, 0.1) is 23.0 Å². The van der Waals surface area contributed by atoms with Crippen LogP contribution in [-0.4, -0.2) is 54.1 Å². The third kappa shape index (κ3) is 8.35. The number of nitrogens with two attached hydrogens (primary N) is 1. The number of allylic oxidation sites excluding steroid dienone is 2. The molecule has 8 heteroatoms. The van der Waals surface area contributed by atoms with Crippen molar-refractivity contribution in [1.82, 2.24) is 10.2 Å². The van der Waals surface area contributed by atoms with Crippen LogP contribution in [0.5, 0.6) is 0 Å². The lowest BCUT2D eigenvalue weighted by Gasteiger charge is -2.45. The van der Waals surface area contributed by atoms with Gasteiger partial charge >= 0.3 is 0 Å². The number of carbonyl (C=O) groups is 2. The molecule has 4 N–H and O–H groups in total. The molecule has 1 aliphatic rings. The maximum absolute atomic E-state index is 14.6. The number of hydrogen-bond donors (Lipinski definition) is 3. The van der Waals surface area contributed by atoms with Crippen LogP contribution in [0.15, 0.2) is 71.8 Å². The number of nitrogens with zero attached hydrogens (tertiary/aromatic N) is 1. The molecule has 0 bridgehead atoms. The number of amides is 2. The highest BCUT2D eigenvalue weighted by Gasteiger charge is 2.50. The van der Waals surface area contributed by atoms with Gasteiger partial charge in [0.15, 0.2) is 0 Å². The average Bonchev–Trinajstić information content (AvgIpc) is 2.94. The van der Waals surface area contributed by atoms with Crippen LogP contribution < -0.4 is 11.1 Å². The second-order valence-electron chi connectivity index (χ2n) is 11.6. The summed E-state index contributed by atoms with van der Waals surface area (Å²) in [6.45, 7) is 9.55. The summed E-state index contributed by atoms with van der Waals surface area (Å²) in [6, 6.07) is 13.2. The highest BCUT2D eigenvalue weighted by atomic mass is 19.1. The van der Waals surface area contributed by atoms with Crippen molar-refractivity contribution >= 4 is 11.8 Å². The molecule has 0 aromatic heterocycles. The summed E-state index contributed by atoms with van der Waals surface area (Å²) in [7, 11) is 0. The normalized spacial score (nSPS) is 18.9. The maximum Gasteiger partial charge on any atom is 0.244 e. The molecule has 2 unspecified atom stereocenters. The van der Waals surface area contributed by atoms with Crippen molar-refractivity contribution in [2.24, 2.45) is 17.1 Å². The van der Waals surface area contributed by atoms with Gasteiger partial charge in [-0.2, -0.15) is 0 Å². The van der Waals surface area contributed by atoms with E-state index in [0.717, 1.165) is 24.5 Å². The zero-order valence-corrected chi connectivity index (χ0v) is 25.2. The molecule has 0 radical (unpaired) electrons. The second kappa shape index (κ2) is 15.2. The Morgan fingerprint density at radius 1 is 1.05 bits per heavy atom. The largest absolute Gasteiger partial charge is 0.391 e. The van der Waals surface area contributed by atoms with E-state index >= 15 is 0 Å². The van der Waals surface area contributed by atoms with Gasteiger partial charge in [-0.05, 0) is 61.8 Å². The van der Waals surface area contributed by atoms with Gasteiger partial charge in [0, 0.05) is 43.7 Å². The fraction of sp³-hybridized carbons (Fsp3) is 0.471. The van der Waals surface area contributed by atoms with Crippen LogP contribution in [0.4, 0.5) is 8.78 Å². The predicted octanol–water partition coefficient (Wildman–Crippen LogP) is 5.27. The molecule has 0 saturated heterocycles. The molecular formula is C34H45F2N3O3. The first-order valence-electron chi connectivity index (χ1n) is 14.9. The van der Waals surface area contributed by atoms with E-state index < -0.39 is 35.0 Å². The Balaban J connectivity index is 2.06. The minimum atomic E-state index is -1.36. The van der Waals surface area contributed by atoms with E-state index in [1.54, 1.807) is 17.9 Å². The van der Waals surface area contributed by atoms with Crippen LogP contribution >= 0.6 is 0 Å². The zero-order valence-electron chi connectivity index (χ0n) is 25.2. The minimum absolute atomic E-state index is 0.0115. The van der Waals surface area contributed by atoms with Crippen molar-refractivity contribution < 1.29 is 23.5 Å². The molecule has 0 saturated carbocycles. The van der Waals surface area contributed by atoms with E-state index in [1.807, 2.05) is 50.3 Å². The third-order valence-corrected chi connectivity index (χ3v) is 8.04. The van der Waals surface area contributed by atoms with Gasteiger partial charge in [0.05, 0.1) is 11.5 Å². The van der Waals surface area contributed by atoms with Crippen molar-refractivity contribution in [3.8, 4) is 0 Å². The molecule has 0 spiro atoms. The van der Waals surface area contributed by atoms with E-state index in [2.05, 4.69) is 12.2 Å². The zero-order chi connectivity index (χ0) is 30.9. The minimum Gasteiger partial charge on any atom is -0.391 e. The molecule has 6 nitrogen and oxygen atoms in total. The summed E-state index contributed by atoms with van der Waals surface area (Å²) < 4.78 is 28.6. The number of aliphatic hydroxyl groups is 1. The quantitative estimate of drug-likeness (QED) is 0.267. The van der Waals surface area contributed by atoms with Gasteiger partial charge in [-0.25, -0.2) is 8.78 Å². The molecule has 42 heavy (non-hydrogen) atoms. The molecule has 2 amide bonds. The smallest absolute Gasteiger partial charge is 0.244 e. The second-order valence-corrected chi connectivity index (χ2v) is 11.6. The summed E-state index contributed by atoms with van der Waals surface area (Å²) in [6.07, 6.45) is 3.85. The Morgan fingerprint density at radius 2 is 1.67 bits per heavy atom. The van der Waals surface area contributed by atoms with Crippen LogP contribution in [0.3, 0.4) is 0 Å². The van der Waals surface area contributed by atoms with Crippen LogP contribution in [0.25, 0.3) is 0 Å². The number of halogens is 2. The van der Waals surface area contributed by atoms with Gasteiger partial charge in [-0.3, -0.25) is 9.59 Å². The number of primary amides is 1. The lowest BCUT2D eigenvalue weighted by Crippen LogP contribution is -2.54. The van der Waals surface area contributed by atoms with Gasteiger partial charge in [0.25, 0.3) is 0 Å². The van der Waals surface area contributed by atoms with Crippen molar-refractivity contribution in [2.75, 3.05) is 26.2 Å². The fourth-order valence-corrected chi connectivity index (χ4v) is 6.11. The molecule has 2 aromatic rings. The lowest BCUT2D eigenvalue weighted by atomic mass is 9.63. The topological polar surface area (TPSA) is 95.7 Å². The summed E-state index contributed by atoms with van der Waals surface area (Å²) in [5.41, 5.74) is 6.81. The van der Waals surface area contributed by atoms with Crippen molar-refractivity contribution in [1.29, 1.82) is 0 Å². The van der Waals surface area contributed by atoms with Gasteiger partial charge < -0.3 is 21.1 Å². The SMILES string of the molecule is CCCN(CCC)C(=O)C1([C@H](Cc2cc(F)cc(F)c2)[C@@H](O)CNCC(C)c2ccccc2)C=C(C)C=C(C(N)=O)C1. The molecule has 1 aliphatic carbocycles. The number of carbonyl (C=O) groups excluding carboxylic acids is 2. The summed E-state index contributed by atoms with van der Waals surface area (Å²) >= 11 is 0. The molecule has 0 aliphatic heterocycles. The van der Waals surface area contributed by atoms with Crippen molar-refractivity contribution in [3.63, 3.8) is 0 Å². The van der Waals surface area contributed by atoms with Crippen LogP contribution in [0.2, 0.25) is 0 Å². The van der Waals surface area contributed by atoms with Gasteiger partial charge in [0.1, 0.15) is 11.6 Å². The monoisotopic (exact) mass is 581 g/mol. The van der Waals surface area contributed by atoms with Gasteiger partial charge in [-0.1, -0.05) is 68.8 Å². The number of benzene rings is 2. The Labute approximate surface area is 248 Å². The Bertz CT molecular complexity index is 1250. The maximum atomic E-state index is 14.6. The molecule has 0 fully saturated rings. The Kier molecular flexibility index (Phi) is 12.0. The molecule has 3 rings (SSSR count). The van der Waals surface area contributed by atoms with E-state index in [1.165, 1.54) is 12.1 Å². The first kappa shape index (κ1) is 33.1. The molecule has 228 valence electrons. The van der Waals surface area contributed by atoms with E-state index in [4.69, 9.17) is 5.73 Å². The number of rotatable bonds is 15. The Hall–Kier alpha value is -3.36. The van der Waals surface area contributed by atoms with Crippen molar-refractivity contribution in [2.45, 2.75) is 65.4 Å². The summed E-state index contributed by atoms with van der Waals surface area (Å²) in [4.78, 5) is 28.8. The van der Waals surface area contributed by atoms with Gasteiger partial charge in [0.2, 0.25) is 11.8 Å². The first-order valence-corrected chi connectivity index (χ1v) is 14.9. The Morgan fingerprint density at radius 3 is 2.24 bits per heavy atom. The number of hydrogen-bond acceptors (Lipinski definition) is 4. The predicted molar refractivity (Wildman–Crippen MR) is 163 cm³/mol. The molecule has 2 aromatic carbocycles. The van der Waals surface area contributed by atoms with E-state index in [0.29, 0.717) is 30.8 Å². The number of aliphatic hydroxyl groups excluding tert-OH is 1. The summed E-state index contributed by atoms with van der Waals surface area (Å²) in [5, 5.41) is 15.2. The standard InChI is InChI=1S/C34H45F2N3O3/c1-5-12-39(13-6-2)33(42)34(19-23(3)14-27(20-34)32(37)41)30(17-25-15-28(35)18-29(36)16-25)31(40)22-38-21-24(4)26-10-8-7-9-11-26/h7-11,14-16,18-19,24,30-31,38,40H,5-6,12-13,17,20-22H2,1-4H3,(H2,37,41)/t24?,30-,31+,34?/m1/s1. The molecular weight excluding hydrogens is 536 g/mol. The summed E-state index contributed by atoms with van der Waals surface area (Å²) in [5.74, 6) is -3.00.